The first-order valence-corrected chi connectivity index (χ1v) is 8.65. The SMILES string of the molecule is C[C@H](NC(=O)CCCc1nnc(-c2ccccc2)o1)c1ccc(F)c(F)c1. The van der Waals surface area contributed by atoms with E-state index in [2.05, 4.69) is 15.5 Å². The number of hydrogen-bond acceptors (Lipinski definition) is 4. The summed E-state index contributed by atoms with van der Waals surface area (Å²) in [6, 6.07) is 12.6. The number of amides is 1. The minimum Gasteiger partial charge on any atom is -0.421 e. The molecule has 3 aromatic rings. The van der Waals surface area contributed by atoms with E-state index in [-0.39, 0.29) is 12.3 Å². The van der Waals surface area contributed by atoms with Crippen molar-refractivity contribution in [2.75, 3.05) is 0 Å². The number of rotatable bonds is 7. The van der Waals surface area contributed by atoms with Gasteiger partial charge in [0.25, 0.3) is 0 Å². The number of nitrogens with zero attached hydrogens (tertiary/aromatic N) is 2. The molecule has 0 radical (unpaired) electrons. The Bertz CT molecular complexity index is 913. The van der Waals surface area contributed by atoms with Crippen LogP contribution in [0.5, 0.6) is 0 Å². The van der Waals surface area contributed by atoms with Crippen molar-refractivity contribution in [1.82, 2.24) is 15.5 Å². The number of halogens is 2. The molecule has 7 heteroatoms. The Labute approximate surface area is 155 Å². The van der Waals surface area contributed by atoms with Gasteiger partial charge in [-0.3, -0.25) is 4.79 Å². The number of aromatic nitrogens is 2. The zero-order valence-electron chi connectivity index (χ0n) is 14.8. The Balaban J connectivity index is 1.47. The first kappa shape index (κ1) is 18.7. The summed E-state index contributed by atoms with van der Waals surface area (Å²) in [5.41, 5.74) is 1.35. The molecule has 5 nitrogen and oxygen atoms in total. The highest BCUT2D eigenvalue weighted by molar-refractivity contribution is 5.76. The molecule has 1 heterocycles. The van der Waals surface area contributed by atoms with Gasteiger partial charge in [0.15, 0.2) is 11.6 Å². The van der Waals surface area contributed by atoms with Gasteiger partial charge in [0.2, 0.25) is 17.7 Å². The van der Waals surface area contributed by atoms with Crippen molar-refractivity contribution in [1.29, 1.82) is 0 Å². The van der Waals surface area contributed by atoms with E-state index in [1.807, 2.05) is 30.3 Å². The van der Waals surface area contributed by atoms with Gasteiger partial charge in [-0.25, -0.2) is 8.78 Å². The van der Waals surface area contributed by atoms with Gasteiger partial charge >= 0.3 is 0 Å². The third-order valence-corrected chi connectivity index (χ3v) is 4.10. The largest absolute Gasteiger partial charge is 0.421 e. The standard InChI is InChI=1S/C20H19F2N3O2/c1-13(15-10-11-16(21)17(22)12-15)23-18(26)8-5-9-19-24-25-20(27-19)14-6-3-2-4-7-14/h2-4,6-7,10-13H,5,8-9H2,1H3,(H,23,26)/t13-/m0/s1. The number of carbonyl (C=O) groups is 1. The molecule has 0 bridgehead atoms. The van der Waals surface area contributed by atoms with E-state index in [4.69, 9.17) is 4.42 Å². The van der Waals surface area contributed by atoms with Gasteiger partial charge in [0.05, 0.1) is 6.04 Å². The van der Waals surface area contributed by atoms with Crippen LogP contribution in [0.3, 0.4) is 0 Å². The molecule has 0 saturated carbocycles. The molecule has 1 atom stereocenters. The zero-order valence-corrected chi connectivity index (χ0v) is 14.8. The van der Waals surface area contributed by atoms with Crippen LogP contribution in [-0.2, 0) is 11.2 Å². The average Bonchev–Trinajstić information content (AvgIpc) is 3.13. The first-order valence-electron chi connectivity index (χ1n) is 8.65. The maximum absolute atomic E-state index is 13.3. The summed E-state index contributed by atoms with van der Waals surface area (Å²) in [5.74, 6) is -1.11. The Morgan fingerprint density at radius 1 is 1.11 bits per heavy atom. The molecular weight excluding hydrogens is 352 g/mol. The number of carbonyl (C=O) groups excluding carboxylic acids is 1. The number of hydrogen-bond donors (Lipinski definition) is 1. The summed E-state index contributed by atoms with van der Waals surface area (Å²) >= 11 is 0. The lowest BCUT2D eigenvalue weighted by atomic mass is 10.1. The van der Waals surface area contributed by atoms with Gasteiger partial charge in [-0.1, -0.05) is 24.3 Å². The zero-order chi connectivity index (χ0) is 19.2. The second kappa shape index (κ2) is 8.53. The van der Waals surface area contributed by atoms with Crippen molar-refractivity contribution < 1.29 is 18.0 Å². The van der Waals surface area contributed by atoms with E-state index in [9.17, 15) is 13.6 Å². The second-order valence-corrected chi connectivity index (χ2v) is 6.18. The van der Waals surface area contributed by atoms with Crippen molar-refractivity contribution in [2.45, 2.75) is 32.2 Å². The summed E-state index contributed by atoms with van der Waals surface area (Å²) in [7, 11) is 0. The minimum absolute atomic E-state index is 0.185. The number of aryl methyl sites for hydroxylation is 1. The lowest BCUT2D eigenvalue weighted by molar-refractivity contribution is -0.121. The maximum Gasteiger partial charge on any atom is 0.247 e. The van der Waals surface area contributed by atoms with Crippen LogP contribution >= 0.6 is 0 Å². The average molecular weight is 371 g/mol. The monoisotopic (exact) mass is 371 g/mol. The van der Waals surface area contributed by atoms with E-state index in [0.29, 0.717) is 30.2 Å². The molecule has 0 unspecified atom stereocenters. The summed E-state index contributed by atoms with van der Waals surface area (Å²) in [4.78, 5) is 12.0. The molecule has 0 aliphatic carbocycles. The molecule has 3 rings (SSSR count). The Morgan fingerprint density at radius 3 is 2.63 bits per heavy atom. The summed E-state index contributed by atoms with van der Waals surface area (Å²) < 4.78 is 31.9. The molecule has 1 aromatic heterocycles. The third-order valence-electron chi connectivity index (χ3n) is 4.10. The van der Waals surface area contributed by atoms with E-state index < -0.39 is 17.7 Å². The Morgan fingerprint density at radius 2 is 1.89 bits per heavy atom. The Kier molecular flexibility index (Phi) is 5.90. The van der Waals surface area contributed by atoms with E-state index in [1.165, 1.54) is 6.07 Å². The highest BCUT2D eigenvalue weighted by atomic mass is 19.2. The van der Waals surface area contributed by atoms with Crippen LogP contribution < -0.4 is 5.32 Å². The van der Waals surface area contributed by atoms with Gasteiger partial charge < -0.3 is 9.73 Å². The van der Waals surface area contributed by atoms with Crippen LogP contribution in [0.2, 0.25) is 0 Å². The number of nitrogens with one attached hydrogen (secondary N) is 1. The van der Waals surface area contributed by atoms with Crippen molar-refractivity contribution in [3.8, 4) is 11.5 Å². The molecule has 27 heavy (non-hydrogen) atoms. The Hall–Kier alpha value is -3.09. The van der Waals surface area contributed by atoms with Crippen molar-refractivity contribution in [3.05, 3.63) is 71.6 Å². The lowest BCUT2D eigenvalue weighted by Gasteiger charge is -2.14. The summed E-state index contributed by atoms with van der Waals surface area (Å²) in [6.45, 7) is 1.72. The highest BCUT2D eigenvalue weighted by Crippen LogP contribution is 2.18. The molecule has 0 aliphatic rings. The normalized spacial score (nSPS) is 12.0. The van der Waals surface area contributed by atoms with Gasteiger partial charge in [-0.15, -0.1) is 10.2 Å². The smallest absolute Gasteiger partial charge is 0.247 e. The predicted octanol–water partition coefficient (Wildman–Crippen LogP) is 4.21. The molecule has 140 valence electrons. The fourth-order valence-corrected chi connectivity index (χ4v) is 2.63. The molecule has 0 fully saturated rings. The van der Waals surface area contributed by atoms with E-state index >= 15 is 0 Å². The first-order chi connectivity index (χ1) is 13.0. The van der Waals surface area contributed by atoms with Gasteiger partial charge in [-0.2, -0.15) is 0 Å². The minimum atomic E-state index is -0.931. The number of benzene rings is 2. The topological polar surface area (TPSA) is 68.0 Å². The molecular formula is C20H19F2N3O2. The summed E-state index contributed by atoms with van der Waals surface area (Å²) in [5, 5.41) is 10.8. The van der Waals surface area contributed by atoms with Crippen LogP contribution in [0.25, 0.3) is 11.5 Å². The molecule has 0 spiro atoms. The molecule has 0 aliphatic heterocycles. The van der Waals surface area contributed by atoms with Crippen LogP contribution in [0.1, 0.15) is 37.3 Å². The van der Waals surface area contributed by atoms with Crippen molar-refractivity contribution in [3.63, 3.8) is 0 Å². The van der Waals surface area contributed by atoms with Crippen LogP contribution in [0.4, 0.5) is 8.78 Å². The molecule has 1 amide bonds. The highest BCUT2D eigenvalue weighted by Gasteiger charge is 2.13. The predicted molar refractivity (Wildman–Crippen MR) is 95.6 cm³/mol. The van der Waals surface area contributed by atoms with Crippen LogP contribution in [-0.4, -0.2) is 16.1 Å². The lowest BCUT2D eigenvalue weighted by Crippen LogP contribution is -2.26. The fraction of sp³-hybridized carbons (Fsp3) is 0.250. The molecule has 2 aromatic carbocycles. The van der Waals surface area contributed by atoms with E-state index in [0.717, 1.165) is 17.7 Å². The maximum atomic E-state index is 13.3. The molecule has 0 saturated heterocycles. The third kappa shape index (κ3) is 4.97. The van der Waals surface area contributed by atoms with Gasteiger partial charge in [0.1, 0.15) is 0 Å². The van der Waals surface area contributed by atoms with Crippen LogP contribution in [0.15, 0.2) is 52.9 Å². The molecule has 1 N–H and O–H groups in total. The second-order valence-electron chi connectivity index (χ2n) is 6.18. The summed E-state index contributed by atoms with van der Waals surface area (Å²) in [6.07, 6.45) is 1.27. The van der Waals surface area contributed by atoms with E-state index in [1.54, 1.807) is 6.92 Å². The quantitative estimate of drug-likeness (QED) is 0.675. The van der Waals surface area contributed by atoms with Gasteiger partial charge in [-0.05, 0) is 43.2 Å². The van der Waals surface area contributed by atoms with Crippen molar-refractivity contribution in [2.24, 2.45) is 0 Å². The van der Waals surface area contributed by atoms with Crippen LogP contribution in [0, 0.1) is 11.6 Å². The fourth-order valence-electron chi connectivity index (χ4n) is 2.63. The van der Waals surface area contributed by atoms with Gasteiger partial charge in [0, 0.05) is 18.4 Å². The van der Waals surface area contributed by atoms with Crippen molar-refractivity contribution >= 4 is 5.91 Å².